The van der Waals surface area contributed by atoms with E-state index in [1.165, 1.54) is 5.69 Å². The molecule has 90 valence electrons. The SMILES string of the molecule is CC(C)CN(C)c1cccc(Cl)c1CCN. The van der Waals surface area contributed by atoms with Crippen LogP contribution in [0.3, 0.4) is 0 Å². The number of rotatable bonds is 5. The number of halogens is 1. The van der Waals surface area contributed by atoms with Crippen LogP contribution in [0.4, 0.5) is 5.69 Å². The van der Waals surface area contributed by atoms with E-state index in [0.717, 1.165) is 23.6 Å². The Balaban J connectivity index is 2.97. The zero-order valence-electron chi connectivity index (χ0n) is 10.3. The van der Waals surface area contributed by atoms with Crippen LogP contribution in [-0.4, -0.2) is 20.1 Å². The van der Waals surface area contributed by atoms with E-state index in [9.17, 15) is 0 Å². The van der Waals surface area contributed by atoms with Crippen LogP contribution < -0.4 is 10.6 Å². The third kappa shape index (κ3) is 3.39. The van der Waals surface area contributed by atoms with Crippen LogP contribution in [0.1, 0.15) is 19.4 Å². The summed E-state index contributed by atoms with van der Waals surface area (Å²) in [6, 6.07) is 6.03. The minimum atomic E-state index is 0.631. The second kappa shape index (κ2) is 6.12. The predicted octanol–water partition coefficient (Wildman–Crippen LogP) is 2.93. The number of hydrogen-bond donors (Lipinski definition) is 1. The maximum Gasteiger partial charge on any atom is 0.0459 e. The molecule has 0 heterocycles. The van der Waals surface area contributed by atoms with Crippen molar-refractivity contribution in [1.29, 1.82) is 0 Å². The zero-order valence-corrected chi connectivity index (χ0v) is 11.1. The van der Waals surface area contributed by atoms with Crippen LogP contribution in [0.15, 0.2) is 18.2 Å². The summed E-state index contributed by atoms with van der Waals surface area (Å²) in [5.41, 5.74) is 7.99. The fourth-order valence-electron chi connectivity index (χ4n) is 1.94. The van der Waals surface area contributed by atoms with Crippen molar-refractivity contribution in [2.45, 2.75) is 20.3 Å². The number of nitrogens with zero attached hydrogens (tertiary/aromatic N) is 1. The highest BCUT2D eigenvalue weighted by molar-refractivity contribution is 6.31. The van der Waals surface area contributed by atoms with Crippen molar-refractivity contribution in [3.63, 3.8) is 0 Å². The van der Waals surface area contributed by atoms with Gasteiger partial charge in [0.2, 0.25) is 0 Å². The van der Waals surface area contributed by atoms with E-state index in [-0.39, 0.29) is 0 Å². The van der Waals surface area contributed by atoms with Gasteiger partial charge in [0, 0.05) is 24.3 Å². The lowest BCUT2D eigenvalue weighted by Crippen LogP contribution is -2.24. The largest absolute Gasteiger partial charge is 0.374 e. The first-order valence-electron chi connectivity index (χ1n) is 5.74. The van der Waals surface area contributed by atoms with E-state index in [1.807, 2.05) is 12.1 Å². The molecule has 0 saturated carbocycles. The molecule has 1 aromatic rings. The van der Waals surface area contributed by atoms with Gasteiger partial charge in [-0.05, 0) is 36.6 Å². The van der Waals surface area contributed by atoms with Gasteiger partial charge >= 0.3 is 0 Å². The summed E-state index contributed by atoms with van der Waals surface area (Å²) in [5.74, 6) is 0.634. The Kier molecular flexibility index (Phi) is 5.10. The van der Waals surface area contributed by atoms with E-state index < -0.39 is 0 Å². The van der Waals surface area contributed by atoms with Gasteiger partial charge in [-0.3, -0.25) is 0 Å². The molecule has 0 atom stereocenters. The molecule has 2 nitrogen and oxygen atoms in total. The second-order valence-electron chi connectivity index (χ2n) is 4.55. The maximum atomic E-state index is 6.21. The van der Waals surface area contributed by atoms with Gasteiger partial charge in [-0.1, -0.05) is 31.5 Å². The Bertz CT molecular complexity index is 337. The van der Waals surface area contributed by atoms with Crippen molar-refractivity contribution in [2.24, 2.45) is 11.7 Å². The van der Waals surface area contributed by atoms with Crippen molar-refractivity contribution in [3.8, 4) is 0 Å². The summed E-state index contributed by atoms with van der Waals surface area (Å²) < 4.78 is 0. The average Bonchev–Trinajstić information content (AvgIpc) is 2.20. The fraction of sp³-hybridized carbons (Fsp3) is 0.538. The van der Waals surface area contributed by atoms with Crippen molar-refractivity contribution in [2.75, 3.05) is 25.0 Å². The smallest absolute Gasteiger partial charge is 0.0459 e. The third-order valence-corrected chi connectivity index (χ3v) is 2.89. The molecule has 0 aromatic heterocycles. The molecular weight excluding hydrogens is 220 g/mol. The topological polar surface area (TPSA) is 29.3 Å². The van der Waals surface area contributed by atoms with Crippen molar-refractivity contribution in [1.82, 2.24) is 0 Å². The molecule has 0 aliphatic carbocycles. The summed E-state index contributed by atoms with van der Waals surface area (Å²) in [6.45, 7) is 6.08. The minimum Gasteiger partial charge on any atom is -0.374 e. The molecule has 0 radical (unpaired) electrons. The third-order valence-electron chi connectivity index (χ3n) is 2.54. The van der Waals surface area contributed by atoms with Crippen molar-refractivity contribution >= 4 is 17.3 Å². The first-order valence-corrected chi connectivity index (χ1v) is 6.12. The van der Waals surface area contributed by atoms with Crippen LogP contribution in [0, 0.1) is 5.92 Å². The summed E-state index contributed by atoms with van der Waals surface area (Å²) in [7, 11) is 2.10. The molecule has 0 fully saturated rings. The van der Waals surface area contributed by atoms with E-state index >= 15 is 0 Å². The summed E-state index contributed by atoms with van der Waals surface area (Å²) in [4.78, 5) is 2.25. The minimum absolute atomic E-state index is 0.631. The number of hydrogen-bond acceptors (Lipinski definition) is 2. The molecule has 0 unspecified atom stereocenters. The van der Waals surface area contributed by atoms with Crippen LogP contribution >= 0.6 is 11.6 Å². The highest BCUT2D eigenvalue weighted by atomic mass is 35.5. The van der Waals surface area contributed by atoms with Crippen molar-refractivity contribution < 1.29 is 0 Å². The molecule has 1 rings (SSSR count). The molecule has 0 aliphatic rings. The summed E-state index contributed by atoms with van der Waals surface area (Å²) in [6.07, 6.45) is 0.831. The van der Waals surface area contributed by atoms with Gasteiger partial charge in [0.05, 0.1) is 0 Å². The molecule has 0 amide bonds. The lowest BCUT2D eigenvalue weighted by molar-refractivity contribution is 0.637. The van der Waals surface area contributed by atoms with Crippen LogP contribution in [-0.2, 0) is 6.42 Å². The first-order chi connectivity index (χ1) is 7.56. The standard InChI is InChI=1S/C13H21ClN2/c1-10(2)9-16(3)13-6-4-5-12(14)11(13)7-8-15/h4-6,10H,7-9,15H2,1-3H3. The molecule has 0 aliphatic heterocycles. The Morgan fingerprint density at radius 3 is 2.62 bits per heavy atom. The molecule has 2 N–H and O–H groups in total. The van der Waals surface area contributed by atoms with Gasteiger partial charge in [0.25, 0.3) is 0 Å². The van der Waals surface area contributed by atoms with Gasteiger partial charge in [0.15, 0.2) is 0 Å². The molecule has 16 heavy (non-hydrogen) atoms. The number of benzene rings is 1. The normalized spacial score (nSPS) is 10.9. The van der Waals surface area contributed by atoms with E-state index in [1.54, 1.807) is 0 Å². The molecule has 0 bridgehead atoms. The van der Waals surface area contributed by atoms with Crippen LogP contribution in [0.25, 0.3) is 0 Å². The first kappa shape index (κ1) is 13.3. The average molecular weight is 241 g/mol. The number of nitrogens with two attached hydrogens (primary N) is 1. The summed E-state index contributed by atoms with van der Waals surface area (Å²) >= 11 is 6.21. The highest BCUT2D eigenvalue weighted by Gasteiger charge is 2.10. The van der Waals surface area contributed by atoms with Crippen LogP contribution in [0.5, 0.6) is 0 Å². The van der Waals surface area contributed by atoms with Gasteiger partial charge in [-0.25, -0.2) is 0 Å². The monoisotopic (exact) mass is 240 g/mol. The maximum absolute atomic E-state index is 6.21. The van der Waals surface area contributed by atoms with E-state index in [4.69, 9.17) is 17.3 Å². The summed E-state index contributed by atoms with van der Waals surface area (Å²) in [5, 5.41) is 0.818. The fourth-order valence-corrected chi connectivity index (χ4v) is 2.21. The zero-order chi connectivity index (χ0) is 12.1. The predicted molar refractivity (Wildman–Crippen MR) is 72.3 cm³/mol. The van der Waals surface area contributed by atoms with E-state index in [2.05, 4.69) is 31.9 Å². The number of anilines is 1. The molecule has 0 saturated heterocycles. The molecule has 1 aromatic carbocycles. The van der Waals surface area contributed by atoms with Crippen molar-refractivity contribution in [3.05, 3.63) is 28.8 Å². The van der Waals surface area contributed by atoms with Gasteiger partial charge in [0.1, 0.15) is 0 Å². The Morgan fingerprint density at radius 1 is 1.38 bits per heavy atom. The highest BCUT2D eigenvalue weighted by Crippen LogP contribution is 2.27. The molecule has 0 spiro atoms. The molecule has 3 heteroatoms. The Labute approximate surface area is 103 Å². The van der Waals surface area contributed by atoms with Crippen LogP contribution in [0.2, 0.25) is 5.02 Å². The van der Waals surface area contributed by atoms with E-state index in [0.29, 0.717) is 12.5 Å². The van der Waals surface area contributed by atoms with Gasteiger partial charge in [-0.15, -0.1) is 0 Å². The molecular formula is C13H21ClN2. The quantitative estimate of drug-likeness (QED) is 0.858. The van der Waals surface area contributed by atoms with Gasteiger partial charge < -0.3 is 10.6 Å². The lowest BCUT2D eigenvalue weighted by atomic mass is 10.1. The Morgan fingerprint density at radius 2 is 2.06 bits per heavy atom. The Hall–Kier alpha value is -0.730. The van der Waals surface area contributed by atoms with Gasteiger partial charge in [-0.2, -0.15) is 0 Å². The lowest BCUT2D eigenvalue weighted by Gasteiger charge is -2.24. The second-order valence-corrected chi connectivity index (χ2v) is 4.96.